The number of hydrogen-bond donors (Lipinski definition) is 0. The Balaban J connectivity index is 1.36. The summed E-state index contributed by atoms with van der Waals surface area (Å²) in [6.45, 7) is 2.12. The molecule has 0 fully saturated rings. The fraction of sp³-hybridized carbons (Fsp3) is 0.189. The molecule has 50 heavy (non-hydrogen) atoms. The van der Waals surface area contributed by atoms with Gasteiger partial charge in [-0.15, -0.1) is 13.2 Å². The van der Waals surface area contributed by atoms with E-state index in [1.165, 1.54) is 18.2 Å². The van der Waals surface area contributed by atoms with Gasteiger partial charge in [0.05, 0.1) is 0 Å². The molecule has 0 bridgehead atoms. The Morgan fingerprint density at radius 2 is 1.00 bits per heavy atom. The highest BCUT2D eigenvalue weighted by atomic mass is 19.4. The van der Waals surface area contributed by atoms with E-state index < -0.39 is 75.6 Å². The molecule has 5 aromatic rings. The maximum Gasteiger partial charge on any atom is 0.573 e. The summed E-state index contributed by atoms with van der Waals surface area (Å²) in [5.74, 6) is -13.3. The summed E-state index contributed by atoms with van der Waals surface area (Å²) in [7, 11) is 0. The van der Waals surface area contributed by atoms with Crippen molar-refractivity contribution in [1.82, 2.24) is 0 Å². The van der Waals surface area contributed by atoms with Crippen LogP contribution in [-0.4, -0.2) is 6.36 Å². The number of rotatable bonds is 11. The molecule has 0 radical (unpaired) electrons. The number of halogens is 11. The van der Waals surface area contributed by atoms with Gasteiger partial charge in [-0.3, -0.25) is 0 Å². The minimum Gasteiger partial charge on any atom is -0.429 e. The van der Waals surface area contributed by atoms with Gasteiger partial charge in [0.1, 0.15) is 34.6 Å². The van der Waals surface area contributed by atoms with Crippen LogP contribution >= 0.6 is 0 Å². The fourth-order valence-corrected chi connectivity index (χ4v) is 5.30. The van der Waals surface area contributed by atoms with Crippen molar-refractivity contribution < 1.29 is 57.8 Å². The van der Waals surface area contributed by atoms with E-state index in [-0.39, 0.29) is 23.3 Å². The van der Waals surface area contributed by atoms with E-state index in [0.29, 0.717) is 17.7 Å². The number of unbranched alkanes of at least 4 members (excludes halogenated alkanes) is 2. The van der Waals surface area contributed by atoms with E-state index in [4.69, 9.17) is 0 Å². The maximum atomic E-state index is 15.3. The zero-order valence-corrected chi connectivity index (χ0v) is 25.9. The molecule has 5 aromatic carbocycles. The van der Waals surface area contributed by atoms with Crippen LogP contribution in [0.3, 0.4) is 0 Å². The molecular weight excluding hydrogens is 685 g/mol. The summed E-state index contributed by atoms with van der Waals surface area (Å²) in [5, 5.41) is 0. The molecular formula is C37H25F11O2. The van der Waals surface area contributed by atoms with Gasteiger partial charge in [-0.2, -0.15) is 8.78 Å². The van der Waals surface area contributed by atoms with Crippen molar-refractivity contribution in [2.24, 2.45) is 0 Å². The monoisotopic (exact) mass is 710 g/mol. The average molecular weight is 711 g/mol. The fourth-order valence-electron chi connectivity index (χ4n) is 5.30. The van der Waals surface area contributed by atoms with Crippen LogP contribution in [0.25, 0.3) is 33.4 Å². The lowest BCUT2D eigenvalue weighted by Crippen LogP contribution is -2.25. The van der Waals surface area contributed by atoms with Gasteiger partial charge in [0.15, 0.2) is 11.6 Å². The van der Waals surface area contributed by atoms with Crippen molar-refractivity contribution >= 4 is 0 Å². The van der Waals surface area contributed by atoms with Crippen LogP contribution in [0.15, 0.2) is 84.9 Å². The Bertz CT molecular complexity index is 1960. The molecule has 0 atom stereocenters. The third-order valence-corrected chi connectivity index (χ3v) is 7.69. The summed E-state index contributed by atoms with van der Waals surface area (Å²) < 4.78 is 162. The van der Waals surface area contributed by atoms with Crippen molar-refractivity contribution in [1.29, 1.82) is 0 Å². The summed E-state index contributed by atoms with van der Waals surface area (Å²) in [5.41, 5.74) is -0.415. The Labute approximate surface area is 278 Å². The minimum atomic E-state index is -5.52. The third kappa shape index (κ3) is 8.20. The predicted molar refractivity (Wildman–Crippen MR) is 163 cm³/mol. The second-order valence-corrected chi connectivity index (χ2v) is 11.2. The first-order chi connectivity index (χ1) is 23.6. The van der Waals surface area contributed by atoms with Gasteiger partial charge in [-0.05, 0) is 64.9 Å². The second-order valence-electron chi connectivity index (χ2n) is 11.2. The van der Waals surface area contributed by atoms with E-state index >= 15 is 8.78 Å². The molecule has 0 aliphatic carbocycles. The first kappa shape index (κ1) is 36.2. The van der Waals surface area contributed by atoms with Crippen LogP contribution in [0.2, 0.25) is 0 Å². The second kappa shape index (κ2) is 14.4. The van der Waals surface area contributed by atoms with Crippen LogP contribution in [0.5, 0.6) is 11.5 Å². The highest BCUT2D eigenvalue weighted by Crippen LogP contribution is 2.40. The molecule has 0 aliphatic rings. The summed E-state index contributed by atoms with van der Waals surface area (Å²) in [6.07, 6.45) is -6.26. The van der Waals surface area contributed by atoms with Crippen molar-refractivity contribution in [3.05, 3.63) is 131 Å². The predicted octanol–water partition coefficient (Wildman–Crippen LogP) is 12.3. The largest absolute Gasteiger partial charge is 0.573 e. The molecule has 2 nitrogen and oxygen atoms in total. The number of benzene rings is 5. The molecule has 0 unspecified atom stereocenters. The molecule has 13 heteroatoms. The lowest BCUT2D eigenvalue weighted by molar-refractivity contribution is -0.276. The Kier molecular flexibility index (Phi) is 10.4. The van der Waals surface area contributed by atoms with Crippen LogP contribution < -0.4 is 9.47 Å². The van der Waals surface area contributed by atoms with Crippen molar-refractivity contribution in [2.75, 3.05) is 0 Å². The topological polar surface area (TPSA) is 18.5 Å². The number of ether oxygens (including phenoxy) is 2. The zero-order chi connectivity index (χ0) is 36.4. The standard InChI is InChI=1S/C37H25F11O2/c1-2-3-4-5-20-6-8-21(9-7-20)22-10-12-26(28(38)14-22)23-11-13-27(29(39)15-23)24-16-30(40)34(31(41)17-24)36(44,45)49-25-18-32(42)35(33(43)19-25)50-37(46,47)48/h6-19H,2-5H2,1H3. The Hall–Kier alpha value is -5.07. The summed E-state index contributed by atoms with van der Waals surface area (Å²) >= 11 is 0. The van der Waals surface area contributed by atoms with Gasteiger partial charge in [0.25, 0.3) is 0 Å². The van der Waals surface area contributed by atoms with Gasteiger partial charge in [-0.1, -0.05) is 68.3 Å². The molecule has 0 saturated carbocycles. The Morgan fingerprint density at radius 1 is 0.500 bits per heavy atom. The molecule has 0 saturated heterocycles. The number of hydrogen-bond acceptors (Lipinski definition) is 2. The van der Waals surface area contributed by atoms with Gasteiger partial charge in [0.2, 0.25) is 5.75 Å². The highest BCUT2D eigenvalue weighted by molar-refractivity contribution is 5.74. The van der Waals surface area contributed by atoms with E-state index in [1.54, 1.807) is 6.07 Å². The van der Waals surface area contributed by atoms with Crippen molar-refractivity contribution in [3.63, 3.8) is 0 Å². The third-order valence-electron chi connectivity index (χ3n) is 7.69. The summed E-state index contributed by atoms with van der Waals surface area (Å²) in [4.78, 5) is 0. The lowest BCUT2D eigenvalue weighted by Gasteiger charge is -2.21. The molecule has 5 rings (SSSR count). The van der Waals surface area contributed by atoms with Crippen LogP contribution in [0, 0.1) is 34.9 Å². The number of aryl methyl sites for hydroxylation is 1. The Morgan fingerprint density at radius 3 is 1.54 bits per heavy atom. The number of alkyl halides is 5. The molecule has 0 aliphatic heterocycles. The van der Waals surface area contributed by atoms with Crippen LogP contribution in [0.1, 0.15) is 37.3 Å². The van der Waals surface area contributed by atoms with Gasteiger partial charge in [-0.25, -0.2) is 26.3 Å². The van der Waals surface area contributed by atoms with Crippen LogP contribution in [0.4, 0.5) is 48.3 Å². The first-order valence-corrected chi connectivity index (χ1v) is 15.1. The van der Waals surface area contributed by atoms with E-state index in [9.17, 15) is 39.5 Å². The maximum absolute atomic E-state index is 15.3. The smallest absolute Gasteiger partial charge is 0.429 e. The minimum absolute atomic E-state index is 0.0192. The molecule has 0 N–H and O–H groups in total. The van der Waals surface area contributed by atoms with Gasteiger partial charge < -0.3 is 9.47 Å². The zero-order valence-electron chi connectivity index (χ0n) is 25.9. The molecule has 0 heterocycles. The van der Waals surface area contributed by atoms with Crippen molar-refractivity contribution in [3.8, 4) is 44.9 Å². The first-order valence-electron chi connectivity index (χ1n) is 15.1. The quantitative estimate of drug-likeness (QED) is 0.100. The molecule has 0 spiro atoms. The van der Waals surface area contributed by atoms with E-state index in [2.05, 4.69) is 16.4 Å². The normalized spacial score (nSPS) is 11.9. The average Bonchev–Trinajstić information content (AvgIpc) is 3.02. The van der Waals surface area contributed by atoms with Crippen LogP contribution in [-0.2, 0) is 12.5 Å². The molecule has 262 valence electrons. The van der Waals surface area contributed by atoms with Gasteiger partial charge >= 0.3 is 12.5 Å². The molecule has 0 amide bonds. The highest BCUT2D eigenvalue weighted by Gasteiger charge is 2.42. The van der Waals surface area contributed by atoms with E-state index in [1.807, 2.05) is 24.3 Å². The molecule has 0 aromatic heterocycles. The van der Waals surface area contributed by atoms with E-state index in [0.717, 1.165) is 48.9 Å². The summed E-state index contributed by atoms with van der Waals surface area (Å²) in [6, 6.07) is 15.8. The van der Waals surface area contributed by atoms with Gasteiger partial charge in [0, 0.05) is 23.3 Å². The van der Waals surface area contributed by atoms with Crippen molar-refractivity contribution in [2.45, 2.75) is 45.1 Å². The SMILES string of the molecule is CCCCCc1ccc(-c2ccc(-c3ccc(-c4cc(F)c(C(F)(F)Oc5cc(F)c(OC(F)(F)F)c(F)c5)c(F)c4)c(F)c3)c(F)c2)cc1. The lowest BCUT2D eigenvalue weighted by atomic mass is 9.96.